The van der Waals surface area contributed by atoms with Crippen LogP contribution in [-0.2, 0) is 13.1 Å². The molecule has 0 aliphatic rings. The minimum atomic E-state index is 0.651. The number of anilines is 1. The van der Waals surface area contributed by atoms with Gasteiger partial charge in [-0.1, -0.05) is 36.4 Å². The van der Waals surface area contributed by atoms with Crippen LogP contribution in [0, 0.1) is 13.8 Å². The molecule has 0 spiro atoms. The smallest absolute Gasteiger partial charge is 0.171 e. The Balaban J connectivity index is 1.98. The summed E-state index contributed by atoms with van der Waals surface area (Å²) < 4.78 is 0. The molecule has 0 unspecified atom stereocenters. The molecule has 3 nitrogen and oxygen atoms in total. The topological polar surface area (TPSA) is 27.3 Å². The Kier molecular flexibility index (Phi) is 6.13. The van der Waals surface area contributed by atoms with Crippen LogP contribution in [0.3, 0.4) is 0 Å². The molecule has 0 radical (unpaired) electrons. The molecule has 2 aromatic rings. The number of hydrogen-bond donors (Lipinski definition) is 2. The minimum absolute atomic E-state index is 0.651. The third-order valence-corrected chi connectivity index (χ3v) is 3.93. The first kappa shape index (κ1) is 17.4. The summed E-state index contributed by atoms with van der Waals surface area (Å²) in [7, 11) is 4.16. The first-order valence-electron chi connectivity index (χ1n) is 7.79. The molecule has 0 saturated carbocycles. The molecule has 0 saturated heterocycles. The van der Waals surface area contributed by atoms with E-state index in [-0.39, 0.29) is 0 Å². The van der Waals surface area contributed by atoms with E-state index in [1.54, 1.807) is 0 Å². The van der Waals surface area contributed by atoms with E-state index in [2.05, 4.69) is 85.9 Å². The number of aryl methyl sites for hydroxylation is 2. The van der Waals surface area contributed by atoms with E-state index in [9.17, 15) is 0 Å². The zero-order chi connectivity index (χ0) is 16.8. The molecular formula is C19H25N3S. The van der Waals surface area contributed by atoms with Gasteiger partial charge in [0.05, 0.1) is 0 Å². The number of nitrogens with one attached hydrogen (secondary N) is 2. The van der Waals surface area contributed by atoms with Gasteiger partial charge in [-0.25, -0.2) is 0 Å². The van der Waals surface area contributed by atoms with E-state index in [0.29, 0.717) is 5.11 Å². The Bertz CT molecular complexity index is 680. The van der Waals surface area contributed by atoms with Gasteiger partial charge in [0.1, 0.15) is 0 Å². The normalized spacial score (nSPS) is 10.7. The van der Waals surface area contributed by atoms with Crippen LogP contribution < -0.4 is 10.6 Å². The van der Waals surface area contributed by atoms with Crippen molar-refractivity contribution in [1.82, 2.24) is 10.2 Å². The quantitative estimate of drug-likeness (QED) is 0.816. The van der Waals surface area contributed by atoms with Gasteiger partial charge in [0.25, 0.3) is 0 Å². The second-order valence-electron chi connectivity index (χ2n) is 6.13. The maximum absolute atomic E-state index is 5.44. The van der Waals surface area contributed by atoms with Crippen LogP contribution >= 0.6 is 12.2 Å². The molecule has 4 heteroatoms. The van der Waals surface area contributed by atoms with Crippen molar-refractivity contribution < 1.29 is 0 Å². The van der Waals surface area contributed by atoms with Crippen LogP contribution in [0.1, 0.15) is 22.3 Å². The van der Waals surface area contributed by atoms with E-state index in [4.69, 9.17) is 12.2 Å². The SMILES string of the molecule is Cc1ccc(C)c(NC(=S)NCc2ccccc2CN(C)C)c1. The fourth-order valence-corrected chi connectivity index (χ4v) is 2.62. The average molecular weight is 327 g/mol. The van der Waals surface area contributed by atoms with Gasteiger partial charge in [0, 0.05) is 18.8 Å². The Hall–Kier alpha value is -1.91. The van der Waals surface area contributed by atoms with Crippen molar-refractivity contribution in [2.45, 2.75) is 26.9 Å². The van der Waals surface area contributed by atoms with Gasteiger partial charge >= 0.3 is 0 Å². The second kappa shape index (κ2) is 8.09. The van der Waals surface area contributed by atoms with Crippen LogP contribution in [0.4, 0.5) is 5.69 Å². The molecule has 0 bridgehead atoms. The van der Waals surface area contributed by atoms with Gasteiger partial charge < -0.3 is 15.5 Å². The monoisotopic (exact) mass is 327 g/mol. The number of nitrogens with zero attached hydrogens (tertiary/aromatic N) is 1. The molecule has 23 heavy (non-hydrogen) atoms. The van der Waals surface area contributed by atoms with Crippen molar-refractivity contribution in [1.29, 1.82) is 0 Å². The zero-order valence-corrected chi connectivity index (χ0v) is 15.1. The van der Waals surface area contributed by atoms with Gasteiger partial charge in [-0.15, -0.1) is 0 Å². The highest BCUT2D eigenvalue weighted by Crippen LogP contribution is 2.16. The molecule has 0 aromatic heterocycles. The van der Waals surface area contributed by atoms with Crippen LogP contribution in [0.5, 0.6) is 0 Å². The number of rotatable bonds is 5. The molecule has 2 rings (SSSR count). The van der Waals surface area contributed by atoms with E-state index in [0.717, 1.165) is 18.8 Å². The van der Waals surface area contributed by atoms with Gasteiger partial charge in [0.2, 0.25) is 0 Å². The lowest BCUT2D eigenvalue weighted by molar-refractivity contribution is 0.401. The Morgan fingerprint density at radius 1 is 1.04 bits per heavy atom. The third-order valence-electron chi connectivity index (χ3n) is 3.69. The molecule has 0 heterocycles. The molecule has 0 aliphatic heterocycles. The summed E-state index contributed by atoms with van der Waals surface area (Å²) in [5.41, 5.74) is 6.06. The molecule has 2 aromatic carbocycles. The molecule has 0 amide bonds. The van der Waals surface area contributed by atoms with E-state index < -0.39 is 0 Å². The summed E-state index contributed by atoms with van der Waals surface area (Å²) in [6.07, 6.45) is 0. The lowest BCUT2D eigenvalue weighted by Crippen LogP contribution is -2.29. The standard InChI is InChI=1S/C19H25N3S/c1-14-9-10-15(2)18(11-14)21-19(23)20-12-16-7-5-6-8-17(16)13-22(3)4/h5-11H,12-13H2,1-4H3,(H2,20,21,23). The highest BCUT2D eigenvalue weighted by molar-refractivity contribution is 7.80. The maximum atomic E-state index is 5.44. The predicted octanol–water partition coefficient (Wildman–Crippen LogP) is 3.85. The van der Waals surface area contributed by atoms with Crippen molar-refractivity contribution in [2.24, 2.45) is 0 Å². The van der Waals surface area contributed by atoms with Crippen molar-refractivity contribution in [3.63, 3.8) is 0 Å². The Labute approximate surface area is 144 Å². The molecule has 0 fully saturated rings. The number of benzene rings is 2. The highest BCUT2D eigenvalue weighted by atomic mass is 32.1. The van der Waals surface area contributed by atoms with Gasteiger partial charge in [-0.05, 0) is 68.5 Å². The molecule has 2 N–H and O–H groups in total. The predicted molar refractivity (Wildman–Crippen MR) is 103 cm³/mol. The van der Waals surface area contributed by atoms with Gasteiger partial charge in [-0.3, -0.25) is 0 Å². The first-order valence-corrected chi connectivity index (χ1v) is 8.20. The Morgan fingerprint density at radius 3 is 2.43 bits per heavy atom. The maximum Gasteiger partial charge on any atom is 0.171 e. The van der Waals surface area contributed by atoms with E-state index >= 15 is 0 Å². The second-order valence-corrected chi connectivity index (χ2v) is 6.54. The van der Waals surface area contributed by atoms with E-state index in [1.165, 1.54) is 22.3 Å². The summed E-state index contributed by atoms with van der Waals surface area (Å²) in [6.45, 7) is 5.81. The zero-order valence-electron chi connectivity index (χ0n) is 14.3. The van der Waals surface area contributed by atoms with Crippen molar-refractivity contribution in [2.75, 3.05) is 19.4 Å². The summed E-state index contributed by atoms with van der Waals surface area (Å²) in [4.78, 5) is 2.17. The van der Waals surface area contributed by atoms with Crippen molar-refractivity contribution in [3.8, 4) is 0 Å². The van der Waals surface area contributed by atoms with Gasteiger partial charge in [0.15, 0.2) is 5.11 Å². The lowest BCUT2D eigenvalue weighted by atomic mass is 10.1. The summed E-state index contributed by atoms with van der Waals surface area (Å²) >= 11 is 5.44. The summed E-state index contributed by atoms with van der Waals surface area (Å²) in [5.74, 6) is 0. The van der Waals surface area contributed by atoms with Crippen molar-refractivity contribution in [3.05, 3.63) is 64.7 Å². The molecular weight excluding hydrogens is 302 g/mol. The summed E-state index contributed by atoms with van der Waals surface area (Å²) in [6, 6.07) is 14.8. The number of thiocarbonyl (C=S) groups is 1. The fraction of sp³-hybridized carbons (Fsp3) is 0.316. The average Bonchev–Trinajstić information content (AvgIpc) is 2.49. The molecule has 122 valence electrons. The third kappa shape index (κ3) is 5.34. The largest absolute Gasteiger partial charge is 0.358 e. The van der Waals surface area contributed by atoms with Crippen LogP contribution in [0.15, 0.2) is 42.5 Å². The van der Waals surface area contributed by atoms with Crippen LogP contribution in [0.2, 0.25) is 0 Å². The molecule has 0 atom stereocenters. The van der Waals surface area contributed by atoms with Gasteiger partial charge in [-0.2, -0.15) is 0 Å². The highest BCUT2D eigenvalue weighted by Gasteiger charge is 2.05. The van der Waals surface area contributed by atoms with Crippen molar-refractivity contribution >= 4 is 23.0 Å². The number of hydrogen-bond acceptors (Lipinski definition) is 2. The Morgan fingerprint density at radius 2 is 1.74 bits per heavy atom. The van der Waals surface area contributed by atoms with Crippen LogP contribution in [-0.4, -0.2) is 24.1 Å². The fourth-order valence-electron chi connectivity index (χ4n) is 2.44. The van der Waals surface area contributed by atoms with Crippen LogP contribution in [0.25, 0.3) is 0 Å². The first-order chi connectivity index (χ1) is 11.0. The van der Waals surface area contributed by atoms with E-state index in [1.807, 2.05) is 0 Å². The minimum Gasteiger partial charge on any atom is -0.358 e. The lowest BCUT2D eigenvalue weighted by Gasteiger charge is -2.16. The summed E-state index contributed by atoms with van der Waals surface area (Å²) in [5, 5.41) is 7.25. The molecule has 0 aliphatic carbocycles.